The van der Waals surface area contributed by atoms with E-state index in [4.69, 9.17) is 28.2 Å². The second-order valence-electron chi connectivity index (χ2n) is 6.21. The predicted molar refractivity (Wildman–Crippen MR) is 83.7 cm³/mol. The largest absolute Gasteiger partial charge is 0.325 e. The van der Waals surface area contributed by atoms with Gasteiger partial charge in [-0.3, -0.25) is 0 Å². The van der Waals surface area contributed by atoms with Crippen molar-refractivity contribution < 1.29 is 0 Å². The number of imidazole rings is 1. The Hall–Kier alpha value is -0.730. The first-order valence-electron chi connectivity index (χ1n) is 7.48. The first-order valence-corrected chi connectivity index (χ1v) is 8.40. The van der Waals surface area contributed by atoms with Crippen LogP contribution in [0.1, 0.15) is 37.5 Å². The zero-order chi connectivity index (χ0) is 13.7. The summed E-state index contributed by atoms with van der Waals surface area (Å²) in [5, 5.41) is 0.757. The van der Waals surface area contributed by atoms with Crippen LogP contribution in [-0.4, -0.2) is 15.4 Å². The molecule has 2 fully saturated rings. The van der Waals surface area contributed by atoms with Gasteiger partial charge < -0.3 is 4.57 Å². The van der Waals surface area contributed by atoms with Crippen molar-refractivity contribution in [2.24, 2.45) is 11.8 Å². The first kappa shape index (κ1) is 13.0. The minimum absolute atomic E-state index is 0.623. The summed E-state index contributed by atoms with van der Waals surface area (Å²) in [5.74, 6) is 3.52. The van der Waals surface area contributed by atoms with Gasteiger partial charge in [0.15, 0.2) is 0 Å². The molecule has 1 aromatic carbocycles. The van der Waals surface area contributed by atoms with Crippen molar-refractivity contribution in [1.82, 2.24) is 9.55 Å². The van der Waals surface area contributed by atoms with Crippen molar-refractivity contribution in [3.63, 3.8) is 0 Å². The van der Waals surface area contributed by atoms with Crippen LogP contribution in [0.15, 0.2) is 18.2 Å². The average Bonchev–Trinajstić information content (AvgIpc) is 3.11. The fourth-order valence-corrected chi connectivity index (χ4v) is 4.62. The van der Waals surface area contributed by atoms with Gasteiger partial charge >= 0.3 is 0 Å². The Balaban J connectivity index is 1.85. The molecule has 0 N–H and O–H groups in total. The van der Waals surface area contributed by atoms with E-state index < -0.39 is 0 Å². The van der Waals surface area contributed by atoms with Gasteiger partial charge in [0.2, 0.25) is 0 Å². The van der Waals surface area contributed by atoms with E-state index in [0.717, 1.165) is 34.6 Å². The molecule has 0 spiro atoms. The third kappa shape index (κ3) is 1.96. The SMILES string of the molecule is ClCCc1nc2cc(Cl)ccc2n1C1CC2CCC1C2. The topological polar surface area (TPSA) is 17.8 Å². The lowest BCUT2D eigenvalue weighted by molar-refractivity contribution is 0.329. The van der Waals surface area contributed by atoms with E-state index in [2.05, 4.69) is 10.6 Å². The highest BCUT2D eigenvalue weighted by Crippen LogP contribution is 2.51. The van der Waals surface area contributed by atoms with Gasteiger partial charge in [-0.2, -0.15) is 0 Å². The van der Waals surface area contributed by atoms with E-state index in [1.807, 2.05) is 12.1 Å². The van der Waals surface area contributed by atoms with Crippen molar-refractivity contribution >= 4 is 34.2 Å². The molecular weight excluding hydrogens is 291 g/mol. The maximum atomic E-state index is 6.10. The highest BCUT2D eigenvalue weighted by Gasteiger charge is 2.41. The molecule has 0 saturated heterocycles. The fraction of sp³-hybridized carbons (Fsp3) is 0.562. The summed E-state index contributed by atoms with van der Waals surface area (Å²) in [7, 11) is 0. The van der Waals surface area contributed by atoms with Crippen LogP contribution >= 0.6 is 23.2 Å². The monoisotopic (exact) mass is 308 g/mol. The highest BCUT2D eigenvalue weighted by molar-refractivity contribution is 6.31. The lowest BCUT2D eigenvalue weighted by Gasteiger charge is -2.25. The number of nitrogens with zero attached hydrogens (tertiary/aromatic N) is 2. The number of benzene rings is 1. The first-order chi connectivity index (χ1) is 9.76. The van der Waals surface area contributed by atoms with Gasteiger partial charge in [0.25, 0.3) is 0 Å². The molecule has 4 rings (SSSR count). The van der Waals surface area contributed by atoms with E-state index in [1.165, 1.54) is 31.2 Å². The summed E-state index contributed by atoms with van der Waals surface area (Å²) in [6.07, 6.45) is 6.35. The van der Waals surface area contributed by atoms with Gasteiger partial charge in [-0.05, 0) is 49.3 Å². The van der Waals surface area contributed by atoms with Crippen LogP contribution < -0.4 is 0 Å². The van der Waals surface area contributed by atoms with Crippen LogP contribution in [0.5, 0.6) is 0 Å². The van der Waals surface area contributed by atoms with Gasteiger partial charge in [0, 0.05) is 23.4 Å². The van der Waals surface area contributed by atoms with E-state index in [-0.39, 0.29) is 0 Å². The number of halogens is 2. The molecule has 3 atom stereocenters. The number of hydrogen-bond acceptors (Lipinski definition) is 1. The van der Waals surface area contributed by atoms with Crippen LogP contribution in [0.3, 0.4) is 0 Å². The zero-order valence-corrected chi connectivity index (χ0v) is 12.9. The maximum absolute atomic E-state index is 6.10. The molecule has 2 aliphatic rings. The molecule has 106 valence electrons. The smallest absolute Gasteiger partial charge is 0.111 e. The maximum Gasteiger partial charge on any atom is 0.111 e. The fourth-order valence-electron chi connectivity index (χ4n) is 4.28. The Morgan fingerprint density at radius 2 is 2.15 bits per heavy atom. The lowest BCUT2D eigenvalue weighted by atomic mass is 9.95. The molecule has 0 radical (unpaired) electrons. The molecular formula is C16H18Cl2N2. The molecule has 4 heteroatoms. The van der Waals surface area contributed by atoms with Gasteiger partial charge in [-0.1, -0.05) is 18.0 Å². The number of hydrogen-bond donors (Lipinski definition) is 0. The predicted octanol–water partition coefficient (Wildman–Crippen LogP) is 4.83. The summed E-state index contributed by atoms with van der Waals surface area (Å²) < 4.78 is 2.47. The summed E-state index contributed by atoms with van der Waals surface area (Å²) in [5.41, 5.74) is 2.24. The Labute approximate surface area is 129 Å². The van der Waals surface area contributed by atoms with Crippen LogP contribution in [0.25, 0.3) is 11.0 Å². The highest BCUT2D eigenvalue weighted by atomic mass is 35.5. The Kier molecular flexibility index (Phi) is 3.19. The van der Waals surface area contributed by atoms with Crippen LogP contribution in [-0.2, 0) is 6.42 Å². The third-order valence-electron chi connectivity index (χ3n) is 5.08. The second kappa shape index (κ2) is 4.92. The average molecular weight is 309 g/mol. The van der Waals surface area contributed by atoms with E-state index >= 15 is 0 Å². The van der Waals surface area contributed by atoms with Gasteiger partial charge in [-0.15, -0.1) is 11.6 Å². The van der Waals surface area contributed by atoms with Crippen molar-refractivity contribution in [3.05, 3.63) is 29.0 Å². The normalized spacial score (nSPS) is 28.6. The van der Waals surface area contributed by atoms with Crippen molar-refractivity contribution in [1.29, 1.82) is 0 Å². The molecule has 2 nitrogen and oxygen atoms in total. The van der Waals surface area contributed by atoms with Crippen LogP contribution in [0, 0.1) is 11.8 Å². The minimum atomic E-state index is 0.623. The molecule has 2 bridgehead atoms. The molecule has 0 amide bonds. The lowest BCUT2D eigenvalue weighted by Crippen LogP contribution is -2.18. The summed E-state index contributed by atoms with van der Waals surface area (Å²) in [6, 6.07) is 6.69. The summed E-state index contributed by atoms with van der Waals surface area (Å²) in [4.78, 5) is 4.79. The van der Waals surface area contributed by atoms with Crippen LogP contribution in [0.2, 0.25) is 5.02 Å². The molecule has 2 saturated carbocycles. The molecule has 1 heterocycles. The number of rotatable bonds is 3. The van der Waals surface area contributed by atoms with Crippen LogP contribution in [0.4, 0.5) is 0 Å². The summed E-state index contributed by atoms with van der Waals surface area (Å²) >= 11 is 12.1. The quantitative estimate of drug-likeness (QED) is 0.742. The van der Waals surface area contributed by atoms with E-state index in [0.29, 0.717) is 11.9 Å². The molecule has 3 unspecified atom stereocenters. The number of aryl methyl sites for hydroxylation is 1. The Morgan fingerprint density at radius 3 is 2.85 bits per heavy atom. The molecule has 2 aliphatic carbocycles. The molecule has 0 aliphatic heterocycles. The number of aromatic nitrogens is 2. The standard InChI is InChI=1S/C16H18Cl2N2/c17-6-5-16-19-13-9-12(18)3-4-14(13)20(16)15-8-10-1-2-11(15)7-10/h3-4,9-11,15H,1-2,5-8H2. The van der Waals surface area contributed by atoms with E-state index in [1.54, 1.807) is 0 Å². The van der Waals surface area contributed by atoms with Gasteiger partial charge in [0.05, 0.1) is 11.0 Å². The van der Waals surface area contributed by atoms with Crippen molar-refractivity contribution in [2.45, 2.75) is 38.1 Å². The van der Waals surface area contributed by atoms with Gasteiger partial charge in [0.1, 0.15) is 5.82 Å². The number of alkyl halides is 1. The number of fused-ring (bicyclic) bond motifs is 3. The molecule has 2 aromatic rings. The molecule has 1 aromatic heterocycles. The minimum Gasteiger partial charge on any atom is -0.325 e. The zero-order valence-electron chi connectivity index (χ0n) is 11.4. The van der Waals surface area contributed by atoms with Crippen molar-refractivity contribution in [3.8, 4) is 0 Å². The third-order valence-corrected chi connectivity index (χ3v) is 5.50. The Morgan fingerprint density at radius 1 is 1.25 bits per heavy atom. The Bertz CT molecular complexity index is 649. The molecule has 20 heavy (non-hydrogen) atoms. The second-order valence-corrected chi connectivity index (χ2v) is 7.03. The summed E-state index contributed by atoms with van der Waals surface area (Å²) in [6.45, 7) is 0. The van der Waals surface area contributed by atoms with E-state index in [9.17, 15) is 0 Å². The van der Waals surface area contributed by atoms with Crippen molar-refractivity contribution in [2.75, 3.05) is 5.88 Å². The van der Waals surface area contributed by atoms with Gasteiger partial charge in [-0.25, -0.2) is 4.98 Å².